The number of rotatable bonds is 2. The topological polar surface area (TPSA) is 12.9 Å². The lowest BCUT2D eigenvalue weighted by Gasteiger charge is -2.13. The van der Waals surface area contributed by atoms with Crippen molar-refractivity contribution in [1.29, 1.82) is 0 Å². The minimum Gasteiger partial charge on any atom is -0.247 e. The number of benzene rings is 6. The maximum Gasteiger partial charge on any atom is 0.0788 e. The molecular weight excluding hydrogens is 410 g/mol. The van der Waals surface area contributed by atoms with Crippen LogP contribution in [0.25, 0.3) is 65.6 Å². The Morgan fingerprint density at radius 3 is 1.85 bits per heavy atom. The van der Waals surface area contributed by atoms with E-state index >= 15 is 0 Å². The minimum atomic E-state index is 1.03. The van der Waals surface area contributed by atoms with Crippen molar-refractivity contribution in [2.24, 2.45) is 0 Å². The predicted octanol–water partition coefficient (Wildman–Crippen LogP) is 9.03. The van der Waals surface area contributed by atoms with E-state index in [1.165, 1.54) is 48.8 Å². The largest absolute Gasteiger partial charge is 0.247 e. The number of hydrogen-bond donors (Lipinski definition) is 0. The molecule has 0 N–H and O–H groups in total. The number of pyridine rings is 1. The normalized spacial score (nSPS) is 11.5. The first kappa shape index (κ1) is 19.0. The second-order valence-corrected chi connectivity index (χ2v) is 8.83. The maximum absolute atomic E-state index is 5.12. The summed E-state index contributed by atoms with van der Waals surface area (Å²) in [7, 11) is 0. The summed E-state index contributed by atoms with van der Waals surface area (Å²) in [6, 6.07) is 45.5. The van der Waals surface area contributed by atoms with E-state index in [0.717, 1.165) is 16.8 Å². The highest BCUT2D eigenvalue weighted by Gasteiger charge is 2.13. The van der Waals surface area contributed by atoms with Crippen LogP contribution in [0, 0.1) is 0 Å². The summed E-state index contributed by atoms with van der Waals surface area (Å²) in [6.07, 6.45) is 0. The summed E-state index contributed by atoms with van der Waals surface area (Å²) in [5, 5.41) is 8.72. The third-order valence-corrected chi connectivity index (χ3v) is 6.83. The van der Waals surface area contributed by atoms with E-state index < -0.39 is 0 Å². The molecule has 34 heavy (non-hydrogen) atoms. The molecule has 6 aromatic carbocycles. The third-order valence-electron chi connectivity index (χ3n) is 6.83. The van der Waals surface area contributed by atoms with Crippen molar-refractivity contribution in [3.05, 3.63) is 127 Å². The van der Waals surface area contributed by atoms with Crippen LogP contribution < -0.4 is 0 Å². The van der Waals surface area contributed by atoms with Crippen LogP contribution in [0.2, 0.25) is 0 Å². The van der Waals surface area contributed by atoms with Gasteiger partial charge < -0.3 is 0 Å². The van der Waals surface area contributed by atoms with Gasteiger partial charge in [0.15, 0.2) is 0 Å². The summed E-state index contributed by atoms with van der Waals surface area (Å²) < 4.78 is 0. The molecule has 0 saturated heterocycles. The Kier molecular flexibility index (Phi) is 4.22. The van der Waals surface area contributed by atoms with Crippen LogP contribution in [0.5, 0.6) is 0 Å². The van der Waals surface area contributed by atoms with E-state index in [-0.39, 0.29) is 0 Å². The number of nitrogens with zero attached hydrogens (tertiary/aromatic N) is 1. The highest BCUT2D eigenvalue weighted by molar-refractivity contribution is 6.22. The van der Waals surface area contributed by atoms with Crippen molar-refractivity contribution >= 4 is 43.2 Å². The molecule has 0 aliphatic carbocycles. The van der Waals surface area contributed by atoms with Crippen LogP contribution in [0.3, 0.4) is 0 Å². The molecule has 0 unspecified atom stereocenters. The first-order valence-electron chi connectivity index (χ1n) is 11.6. The van der Waals surface area contributed by atoms with Crippen LogP contribution >= 0.6 is 0 Å². The van der Waals surface area contributed by atoms with Gasteiger partial charge in [-0.25, -0.2) is 4.98 Å². The van der Waals surface area contributed by atoms with Gasteiger partial charge in [-0.3, -0.25) is 0 Å². The van der Waals surface area contributed by atoms with E-state index in [9.17, 15) is 0 Å². The van der Waals surface area contributed by atoms with Gasteiger partial charge in [-0.2, -0.15) is 0 Å². The molecule has 1 aromatic heterocycles. The van der Waals surface area contributed by atoms with Gasteiger partial charge in [0.1, 0.15) is 0 Å². The molecule has 0 atom stereocenters. The van der Waals surface area contributed by atoms with Gasteiger partial charge in [0.05, 0.1) is 11.2 Å². The summed E-state index contributed by atoms with van der Waals surface area (Å²) in [5.41, 5.74) is 5.64. The van der Waals surface area contributed by atoms with Gasteiger partial charge in [0.2, 0.25) is 0 Å². The Labute approximate surface area is 197 Å². The Balaban J connectivity index is 1.43. The quantitative estimate of drug-likeness (QED) is 0.249. The number of hydrogen-bond acceptors (Lipinski definition) is 1. The molecule has 0 amide bonds. The molecule has 0 aliphatic rings. The van der Waals surface area contributed by atoms with Crippen molar-refractivity contribution in [3.8, 4) is 22.4 Å². The van der Waals surface area contributed by atoms with Crippen molar-refractivity contribution in [2.45, 2.75) is 0 Å². The molecule has 7 rings (SSSR count). The first-order valence-corrected chi connectivity index (χ1v) is 11.6. The van der Waals surface area contributed by atoms with E-state index in [1.807, 2.05) is 0 Å². The number of fused-ring (bicyclic) bond motifs is 6. The Morgan fingerprint density at radius 2 is 1.00 bits per heavy atom. The molecule has 0 radical (unpaired) electrons. The zero-order valence-electron chi connectivity index (χ0n) is 18.6. The molecule has 0 fully saturated rings. The molecule has 1 nitrogen and oxygen atoms in total. The van der Waals surface area contributed by atoms with Crippen molar-refractivity contribution in [2.75, 3.05) is 0 Å². The lowest BCUT2D eigenvalue weighted by atomic mass is 9.94. The zero-order chi connectivity index (χ0) is 22.5. The summed E-state index contributed by atoms with van der Waals surface area (Å²) in [5.74, 6) is 0. The highest BCUT2D eigenvalue weighted by atomic mass is 14.7. The average molecular weight is 432 g/mol. The van der Waals surface area contributed by atoms with Crippen molar-refractivity contribution in [3.63, 3.8) is 0 Å². The first-order chi connectivity index (χ1) is 16.8. The molecular formula is C33H21N. The molecule has 1 heterocycles. The van der Waals surface area contributed by atoms with Crippen LogP contribution in [0.4, 0.5) is 0 Å². The van der Waals surface area contributed by atoms with E-state index in [2.05, 4.69) is 127 Å². The molecule has 0 bridgehead atoms. The molecule has 0 aliphatic heterocycles. The van der Waals surface area contributed by atoms with Crippen LogP contribution in [0.15, 0.2) is 127 Å². The van der Waals surface area contributed by atoms with Gasteiger partial charge in [-0.15, -0.1) is 0 Å². The van der Waals surface area contributed by atoms with E-state index in [4.69, 9.17) is 4.98 Å². The predicted molar refractivity (Wildman–Crippen MR) is 145 cm³/mol. The number of aromatic nitrogens is 1. The van der Waals surface area contributed by atoms with E-state index in [1.54, 1.807) is 0 Å². The minimum absolute atomic E-state index is 1.03. The molecule has 0 spiro atoms. The Hall–Kier alpha value is -4.49. The average Bonchev–Trinajstić information content (AvgIpc) is 2.92. The van der Waals surface area contributed by atoms with Crippen molar-refractivity contribution in [1.82, 2.24) is 4.98 Å². The standard InChI is InChI=1S/C33H21N/c1-2-9-26-21-27(18-15-22(26)7-1)23-13-16-25(17-14-23)33-30-20-19-24-8-3-4-10-28(24)32(30)29-11-5-6-12-31(29)34-33/h1-21H. The van der Waals surface area contributed by atoms with Crippen LogP contribution in [-0.2, 0) is 0 Å². The smallest absolute Gasteiger partial charge is 0.0788 e. The fraction of sp³-hybridized carbons (Fsp3) is 0. The molecule has 7 aromatic rings. The third kappa shape index (κ3) is 2.98. The van der Waals surface area contributed by atoms with E-state index in [0.29, 0.717) is 0 Å². The second-order valence-electron chi connectivity index (χ2n) is 8.83. The van der Waals surface area contributed by atoms with Crippen LogP contribution in [0.1, 0.15) is 0 Å². The van der Waals surface area contributed by atoms with Gasteiger partial charge >= 0.3 is 0 Å². The highest BCUT2D eigenvalue weighted by Crippen LogP contribution is 2.37. The second kappa shape index (κ2) is 7.54. The van der Waals surface area contributed by atoms with Gasteiger partial charge in [0.25, 0.3) is 0 Å². The molecule has 0 saturated carbocycles. The lowest BCUT2D eigenvalue weighted by molar-refractivity contribution is 1.43. The summed E-state index contributed by atoms with van der Waals surface area (Å²) >= 11 is 0. The monoisotopic (exact) mass is 431 g/mol. The zero-order valence-corrected chi connectivity index (χ0v) is 18.6. The van der Waals surface area contributed by atoms with Gasteiger partial charge in [-0.05, 0) is 44.8 Å². The Bertz CT molecular complexity index is 1830. The van der Waals surface area contributed by atoms with Gasteiger partial charge in [-0.1, -0.05) is 115 Å². The van der Waals surface area contributed by atoms with Gasteiger partial charge in [0, 0.05) is 21.7 Å². The fourth-order valence-electron chi connectivity index (χ4n) is 5.13. The summed E-state index contributed by atoms with van der Waals surface area (Å²) in [6.45, 7) is 0. The fourth-order valence-corrected chi connectivity index (χ4v) is 5.13. The van der Waals surface area contributed by atoms with Crippen molar-refractivity contribution < 1.29 is 0 Å². The lowest BCUT2D eigenvalue weighted by Crippen LogP contribution is -1.91. The SMILES string of the molecule is c1ccc2cc(-c3ccc(-c4nc5ccccc5c5c4ccc4ccccc45)cc3)ccc2c1. The number of para-hydroxylation sites is 1. The molecule has 158 valence electrons. The Morgan fingerprint density at radius 1 is 0.382 bits per heavy atom. The molecule has 1 heteroatoms. The maximum atomic E-state index is 5.12. The van der Waals surface area contributed by atoms with Crippen LogP contribution in [-0.4, -0.2) is 4.98 Å². The summed E-state index contributed by atoms with van der Waals surface area (Å²) in [4.78, 5) is 5.12.